The van der Waals surface area contributed by atoms with E-state index in [1.54, 1.807) is 0 Å². The van der Waals surface area contributed by atoms with E-state index >= 15 is 0 Å². The second-order valence-electron chi connectivity index (χ2n) is 7.36. The average Bonchev–Trinajstić information content (AvgIpc) is 2.73. The number of carbonyl (C=O) groups excluding carboxylic acids is 1. The molecule has 2 aromatic rings. The molecule has 2 aromatic carbocycles. The predicted octanol–water partition coefficient (Wildman–Crippen LogP) is 5.41. The molecule has 29 heavy (non-hydrogen) atoms. The van der Waals surface area contributed by atoms with Crippen LogP contribution in [-0.2, 0) is 11.4 Å². The van der Waals surface area contributed by atoms with Gasteiger partial charge in [0.25, 0.3) is 0 Å². The van der Waals surface area contributed by atoms with Crippen LogP contribution in [-0.4, -0.2) is 5.78 Å². The summed E-state index contributed by atoms with van der Waals surface area (Å²) in [6.07, 6.45) is 2.23. The molecule has 146 valence electrons. The zero-order valence-electron chi connectivity index (χ0n) is 16.2. The highest BCUT2D eigenvalue weighted by Gasteiger charge is 2.35. The Kier molecular flexibility index (Phi) is 5.42. The number of hydrogen-bond acceptors (Lipinski definition) is 4. The van der Waals surface area contributed by atoms with Crippen molar-refractivity contribution in [1.29, 1.82) is 5.26 Å². The van der Waals surface area contributed by atoms with Crippen molar-refractivity contribution in [2.45, 2.75) is 38.7 Å². The lowest BCUT2D eigenvalue weighted by atomic mass is 9.76. The highest BCUT2D eigenvalue weighted by molar-refractivity contribution is 6.30. The summed E-state index contributed by atoms with van der Waals surface area (Å²) in [4.78, 5) is 12.7. The fraction of sp³-hybridized carbons (Fsp3) is 0.250. The molecule has 1 aliphatic carbocycles. The summed E-state index contributed by atoms with van der Waals surface area (Å²) in [7, 11) is 0. The van der Waals surface area contributed by atoms with E-state index in [4.69, 9.17) is 16.3 Å². The Morgan fingerprint density at radius 3 is 2.55 bits per heavy atom. The standard InChI is InChI=1S/C24H21ClN2O2/c1-15-20(13-26)23(24-21(27-15)3-2-4-22(24)28)17-7-11-19(12-8-17)29-14-16-5-9-18(25)10-6-16/h5-12,23,27H,2-4,14H2,1H3. The number of carbonyl (C=O) groups is 1. The molecular formula is C24H21ClN2O2. The molecule has 1 heterocycles. The van der Waals surface area contributed by atoms with Gasteiger partial charge in [0.05, 0.1) is 17.6 Å². The summed E-state index contributed by atoms with van der Waals surface area (Å²) >= 11 is 5.91. The summed E-state index contributed by atoms with van der Waals surface area (Å²) in [5.41, 5.74) is 5.11. The van der Waals surface area contributed by atoms with Crippen LogP contribution in [0.2, 0.25) is 5.02 Å². The molecular weight excluding hydrogens is 384 g/mol. The van der Waals surface area contributed by atoms with Crippen LogP contribution in [0.3, 0.4) is 0 Å². The van der Waals surface area contributed by atoms with Crippen molar-refractivity contribution in [3.63, 3.8) is 0 Å². The molecule has 1 aliphatic heterocycles. The molecule has 2 aliphatic rings. The third kappa shape index (κ3) is 3.92. The lowest BCUT2D eigenvalue weighted by Gasteiger charge is -2.32. The molecule has 0 saturated carbocycles. The molecule has 1 N–H and O–H groups in total. The van der Waals surface area contributed by atoms with Gasteiger partial charge >= 0.3 is 0 Å². The molecule has 0 saturated heterocycles. The summed E-state index contributed by atoms with van der Waals surface area (Å²) in [5.74, 6) is 0.558. The van der Waals surface area contributed by atoms with Crippen molar-refractivity contribution < 1.29 is 9.53 Å². The van der Waals surface area contributed by atoms with Crippen LogP contribution in [0.1, 0.15) is 43.2 Å². The number of ether oxygens (including phenoxy) is 1. The molecule has 5 heteroatoms. The highest BCUT2D eigenvalue weighted by atomic mass is 35.5. The number of dihydropyridines is 1. The van der Waals surface area contributed by atoms with Crippen LogP contribution < -0.4 is 10.1 Å². The van der Waals surface area contributed by atoms with Gasteiger partial charge < -0.3 is 10.1 Å². The van der Waals surface area contributed by atoms with Crippen LogP contribution in [0.25, 0.3) is 0 Å². The van der Waals surface area contributed by atoms with Crippen molar-refractivity contribution in [3.05, 3.63) is 87.2 Å². The zero-order valence-corrected chi connectivity index (χ0v) is 16.9. The van der Waals surface area contributed by atoms with Crippen LogP contribution in [0.15, 0.2) is 71.1 Å². The quantitative estimate of drug-likeness (QED) is 0.739. The van der Waals surface area contributed by atoms with Crippen LogP contribution in [0, 0.1) is 11.3 Å². The Bertz CT molecular complexity index is 1040. The Labute approximate surface area is 175 Å². The number of rotatable bonds is 4. The molecule has 0 bridgehead atoms. The van der Waals surface area contributed by atoms with E-state index in [0.717, 1.165) is 46.7 Å². The zero-order chi connectivity index (χ0) is 20.4. The van der Waals surface area contributed by atoms with E-state index in [1.165, 1.54) is 0 Å². The minimum absolute atomic E-state index is 0.132. The molecule has 1 atom stereocenters. The SMILES string of the molecule is CC1=C(C#N)C(c2ccc(OCc3ccc(Cl)cc3)cc2)C2=C(CCCC2=O)N1. The molecule has 1 unspecified atom stereocenters. The largest absolute Gasteiger partial charge is 0.489 e. The average molecular weight is 405 g/mol. The Balaban J connectivity index is 1.58. The fourth-order valence-corrected chi connectivity index (χ4v) is 4.09. The number of Topliss-reactive ketones (excluding diaryl/α,β-unsaturated/α-hetero) is 1. The van der Waals surface area contributed by atoms with Gasteiger partial charge in [0.1, 0.15) is 12.4 Å². The fourth-order valence-electron chi connectivity index (χ4n) is 3.97. The Morgan fingerprint density at radius 1 is 1.14 bits per heavy atom. The maximum absolute atomic E-state index is 12.7. The van der Waals surface area contributed by atoms with E-state index in [0.29, 0.717) is 23.6 Å². The van der Waals surface area contributed by atoms with Gasteiger partial charge in [-0.3, -0.25) is 4.79 Å². The van der Waals surface area contributed by atoms with Gasteiger partial charge in [-0.05, 0) is 55.2 Å². The van der Waals surface area contributed by atoms with E-state index in [-0.39, 0.29) is 11.7 Å². The normalized spacial score (nSPS) is 18.8. The topological polar surface area (TPSA) is 62.1 Å². The number of halogens is 1. The molecule has 0 aromatic heterocycles. The lowest BCUT2D eigenvalue weighted by molar-refractivity contribution is -0.116. The molecule has 4 nitrogen and oxygen atoms in total. The summed E-state index contributed by atoms with van der Waals surface area (Å²) in [6, 6.07) is 17.5. The first kappa shape index (κ1) is 19.3. The molecule has 0 fully saturated rings. The second kappa shape index (κ2) is 8.14. The van der Waals surface area contributed by atoms with E-state index in [9.17, 15) is 10.1 Å². The molecule has 0 amide bonds. The van der Waals surface area contributed by atoms with Crippen molar-refractivity contribution in [3.8, 4) is 11.8 Å². The van der Waals surface area contributed by atoms with Crippen molar-refractivity contribution in [2.24, 2.45) is 0 Å². The van der Waals surface area contributed by atoms with Crippen molar-refractivity contribution in [1.82, 2.24) is 5.32 Å². The van der Waals surface area contributed by atoms with Crippen LogP contribution in [0.5, 0.6) is 5.75 Å². The number of ketones is 1. The monoisotopic (exact) mass is 404 g/mol. The van der Waals surface area contributed by atoms with Gasteiger partial charge in [0.15, 0.2) is 5.78 Å². The number of nitriles is 1. The van der Waals surface area contributed by atoms with Gasteiger partial charge in [-0.1, -0.05) is 35.9 Å². The molecule has 0 radical (unpaired) electrons. The number of allylic oxidation sites excluding steroid dienone is 4. The predicted molar refractivity (Wildman–Crippen MR) is 112 cm³/mol. The van der Waals surface area contributed by atoms with Gasteiger partial charge in [-0.2, -0.15) is 5.26 Å². The number of nitrogens with zero attached hydrogens (tertiary/aromatic N) is 1. The van der Waals surface area contributed by atoms with Crippen LogP contribution >= 0.6 is 11.6 Å². The maximum Gasteiger partial charge on any atom is 0.161 e. The van der Waals surface area contributed by atoms with E-state index < -0.39 is 0 Å². The third-order valence-corrected chi connectivity index (χ3v) is 5.68. The maximum atomic E-state index is 12.7. The Morgan fingerprint density at radius 2 is 1.86 bits per heavy atom. The summed E-state index contributed by atoms with van der Waals surface area (Å²) in [5, 5.41) is 13.7. The number of benzene rings is 2. The first-order chi connectivity index (χ1) is 14.1. The third-order valence-electron chi connectivity index (χ3n) is 5.43. The summed E-state index contributed by atoms with van der Waals surface area (Å²) < 4.78 is 5.86. The number of nitrogens with one attached hydrogen (secondary N) is 1. The number of hydrogen-bond donors (Lipinski definition) is 1. The van der Waals surface area contributed by atoms with E-state index in [2.05, 4.69) is 11.4 Å². The molecule has 4 rings (SSSR count). The van der Waals surface area contributed by atoms with Gasteiger partial charge in [0, 0.05) is 28.4 Å². The lowest BCUT2D eigenvalue weighted by Crippen LogP contribution is -2.31. The first-order valence-corrected chi connectivity index (χ1v) is 10.1. The smallest absolute Gasteiger partial charge is 0.161 e. The molecule has 0 spiro atoms. The Hall–Kier alpha value is -3.03. The first-order valence-electron chi connectivity index (χ1n) is 9.68. The second-order valence-corrected chi connectivity index (χ2v) is 7.80. The van der Waals surface area contributed by atoms with Crippen molar-refractivity contribution in [2.75, 3.05) is 0 Å². The van der Waals surface area contributed by atoms with Gasteiger partial charge in [0.2, 0.25) is 0 Å². The summed E-state index contributed by atoms with van der Waals surface area (Å²) in [6.45, 7) is 2.35. The highest BCUT2D eigenvalue weighted by Crippen LogP contribution is 2.42. The van der Waals surface area contributed by atoms with Gasteiger partial charge in [-0.15, -0.1) is 0 Å². The van der Waals surface area contributed by atoms with E-state index in [1.807, 2.05) is 55.5 Å². The van der Waals surface area contributed by atoms with Gasteiger partial charge in [-0.25, -0.2) is 0 Å². The van der Waals surface area contributed by atoms with Crippen LogP contribution in [0.4, 0.5) is 0 Å². The van der Waals surface area contributed by atoms with Crippen molar-refractivity contribution >= 4 is 17.4 Å². The minimum atomic E-state index is -0.311. The minimum Gasteiger partial charge on any atom is -0.489 e.